The molecule has 7 atom stereocenters. The fourth-order valence-corrected chi connectivity index (χ4v) is 9.23. The van der Waals surface area contributed by atoms with Crippen LogP contribution in [-0.4, -0.2) is 114 Å². The Hall–Kier alpha value is -5.00. The van der Waals surface area contributed by atoms with Crippen LogP contribution >= 0.6 is 0 Å². The molecule has 3 saturated carbocycles. The minimum atomic E-state index is -5.13. The third-order valence-corrected chi connectivity index (χ3v) is 13.1. The third kappa shape index (κ3) is 9.64. The molecule has 24 heteroatoms. The molecule has 1 aromatic heterocycles. The summed E-state index contributed by atoms with van der Waals surface area (Å²) in [4.78, 5) is 64.6. The quantitative estimate of drug-likeness (QED) is 0.262. The van der Waals surface area contributed by atoms with Crippen LogP contribution in [0, 0.1) is 11.3 Å². The molecule has 3 heterocycles. The molecule has 5 aliphatic rings. The average Bonchev–Trinajstić information content (AvgIpc) is 4.06. The Morgan fingerprint density at radius 3 is 2.37 bits per heavy atom. The number of hydrogen-bond acceptors (Lipinski definition) is 12. The van der Waals surface area contributed by atoms with Gasteiger partial charge in [-0.25, -0.2) is 32.0 Å². The van der Waals surface area contributed by atoms with Crippen molar-refractivity contribution in [1.29, 1.82) is 0 Å². The molecule has 2 aromatic rings. The molecule has 4 fully saturated rings. The number of allylic oxidation sites excluding steroid dienone is 1. The predicted octanol–water partition coefficient (Wildman–Crippen LogP) is 4.37. The van der Waals surface area contributed by atoms with Crippen LogP contribution in [-0.2, 0) is 39.8 Å². The third-order valence-electron chi connectivity index (χ3n) is 11.3. The van der Waals surface area contributed by atoms with E-state index < -0.39 is 154 Å². The minimum absolute atomic E-state index is 0.228. The van der Waals surface area contributed by atoms with Crippen LogP contribution in [0.2, 0.25) is 0 Å². The van der Waals surface area contributed by atoms with Crippen molar-refractivity contribution >= 4 is 44.9 Å². The molecule has 7 rings (SSSR count). The van der Waals surface area contributed by atoms with E-state index in [1.54, 1.807) is 25.5 Å². The number of nitrogens with zero attached hydrogens (tertiary/aromatic N) is 3. The second-order valence-corrected chi connectivity index (χ2v) is 19.0. The van der Waals surface area contributed by atoms with E-state index in [-0.39, 0.29) is 18.4 Å². The van der Waals surface area contributed by atoms with E-state index in [1.165, 1.54) is 0 Å². The van der Waals surface area contributed by atoms with Crippen molar-refractivity contribution in [1.82, 2.24) is 30.2 Å². The maximum Gasteiger partial charge on any atom is 0.573 e. The molecule has 1 aromatic carbocycles. The number of sulfonamides is 1. The van der Waals surface area contributed by atoms with Gasteiger partial charge in [-0.1, -0.05) is 26.8 Å². The SMILES string of the molecule is CC(C)(C)C1NC(=O)OC2CCCC2OCC=CC(F)(F)c2nc3cc(OC(F)(F)F)ccc3nc2OC2CC(C(=O)NC3(C(=O)NS(=O)(=O)C4CC4)CC3C(F)F)N(C2)C1=O. The van der Waals surface area contributed by atoms with Gasteiger partial charge in [0.1, 0.15) is 35.6 Å². The zero-order chi connectivity index (χ0) is 45.2. The van der Waals surface area contributed by atoms with Crippen molar-refractivity contribution in [2.75, 3.05) is 13.2 Å². The van der Waals surface area contributed by atoms with Crippen LogP contribution in [0.4, 0.5) is 35.5 Å². The van der Waals surface area contributed by atoms with Gasteiger partial charge >= 0.3 is 18.4 Å². The number of alkyl carbamates (subject to hydrolysis) is 1. The summed E-state index contributed by atoms with van der Waals surface area (Å²) in [5.74, 6) is -11.1. The zero-order valence-corrected chi connectivity index (χ0v) is 34.2. The number of nitrogens with one attached hydrogen (secondary N) is 3. The molecular weight excluding hydrogens is 866 g/mol. The van der Waals surface area contributed by atoms with E-state index in [4.69, 9.17) is 14.2 Å². The Kier molecular flexibility index (Phi) is 11.8. The van der Waals surface area contributed by atoms with Crippen LogP contribution < -0.4 is 24.8 Å². The monoisotopic (exact) mass is 908 g/mol. The van der Waals surface area contributed by atoms with E-state index in [0.717, 1.165) is 29.2 Å². The van der Waals surface area contributed by atoms with E-state index >= 15 is 8.78 Å². The molecular formula is C38H43F7N6O10S. The van der Waals surface area contributed by atoms with Crippen LogP contribution in [0.5, 0.6) is 11.6 Å². The topological polar surface area (TPSA) is 204 Å². The Morgan fingerprint density at radius 2 is 1.73 bits per heavy atom. The standard InChI is InChI=1S/C38H43F7N6O10S/c1-35(2,3)28-32(53)51-17-19(15-24(51)30(52)49-36(16-21(36)29(39)40)33(54)50-62(56,57)20-9-10-20)59-31-27(46-23-14-18(61-38(43,44)45)8-11-22(23)47-31)37(41,42)12-5-13-58-25-6-4-7-26(25)60-34(55)48-28/h5,8,11-12,14,19-21,24-26,28-29H,4,6-7,9-10,13,15-17H2,1-3H3,(H,48,55)(H,49,52)(H,50,54). The first-order chi connectivity index (χ1) is 28.9. The fraction of sp³-hybridized carbons (Fsp3) is 0.632. The van der Waals surface area contributed by atoms with E-state index in [9.17, 15) is 49.5 Å². The number of carbonyl (C=O) groups is 4. The lowest BCUT2D eigenvalue weighted by Crippen LogP contribution is -2.60. The molecule has 7 unspecified atom stereocenters. The lowest BCUT2D eigenvalue weighted by atomic mass is 9.85. The maximum atomic E-state index is 16.2. The number of aromatic nitrogens is 2. The highest BCUT2D eigenvalue weighted by Gasteiger charge is 2.67. The highest BCUT2D eigenvalue weighted by molar-refractivity contribution is 7.91. The highest BCUT2D eigenvalue weighted by Crippen LogP contribution is 2.49. The molecule has 0 radical (unpaired) electrons. The Morgan fingerprint density at radius 1 is 1.02 bits per heavy atom. The molecule has 0 spiro atoms. The summed E-state index contributed by atoms with van der Waals surface area (Å²) in [5, 5.41) is 3.87. The number of amides is 4. The molecule has 1 saturated heterocycles. The number of fused-ring (bicyclic) bond motifs is 5. The van der Waals surface area contributed by atoms with Crippen molar-refractivity contribution in [2.45, 2.75) is 126 Å². The smallest absolute Gasteiger partial charge is 0.471 e. The van der Waals surface area contributed by atoms with E-state index in [2.05, 4.69) is 25.3 Å². The minimum Gasteiger partial charge on any atom is -0.471 e. The molecule has 4 amide bonds. The molecule has 2 aliphatic heterocycles. The van der Waals surface area contributed by atoms with Crippen LogP contribution in [0.15, 0.2) is 30.4 Å². The van der Waals surface area contributed by atoms with Crippen LogP contribution in [0.25, 0.3) is 11.0 Å². The Bertz CT molecular complexity index is 2260. The van der Waals surface area contributed by atoms with Gasteiger partial charge in [0.25, 0.3) is 5.91 Å². The van der Waals surface area contributed by atoms with Gasteiger partial charge < -0.3 is 34.5 Å². The highest BCUT2D eigenvalue weighted by atomic mass is 32.2. The summed E-state index contributed by atoms with van der Waals surface area (Å²) in [5.41, 5.74) is -5.41. The van der Waals surface area contributed by atoms with Gasteiger partial charge in [-0.15, -0.1) is 13.2 Å². The first-order valence-electron chi connectivity index (χ1n) is 19.7. The average molecular weight is 909 g/mol. The summed E-state index contributed by atoms with van der Waals surface area (Å²) in [7, 11) is -4.27. The largest absolute Gasteiger partial charge is 0.573 e. The Labute approximate surface area is 349 Å². The molecule has 3 aliphatic carbocycles. The second-order valence-electron chi connectivity index (χ2n) is 17.1. The molecule has 3 N–H and O–H groups in total. The summed E-state index contributed by atoms with van der Waals surface area (Å²) in [6.07, 6.45) is -10.6. The van der Waals surface area contributed by atoms with Gasteiger partial charge in [0.15, 0.2) is 5.69 Å². The van der Waals surface area contributed by atoms with Crippen molar-refractivity contribution < 1.29 is 77.3 Å². The first kappa shape index (κ1) is 45.0. The van der Waals surface area contributed by atoms with Crippen molar-refractivity contribution in [3.63, 3.8) is 0 Å². The van der Waals surface area contributed by atoms with Crippen molar-refractivity contribution in [3.05, 3.63) is 36.0 Å². The normalized spacial score (nSPS) is 29.4. The Balaban J connectivity index is 1.28. The molecule has 340 valence electrons. The van der Waals surface area contributed by atoms with Gasteiger partial charge in [-0.3, -0.25) is 19.1 Å². The number of rotatable bonds is 7. The van der Waals surface area contributed by atoms with Crippen LogP contribution in [0.3, 0.4) is 0 Å². The predicted molar refractivity (Wildman–Crippen MR) is 199 cm³/mol. The fourth-order valence-electron chi connectivity index (χ4n) is 7.86. The number of alkyl halides is 7. The second kappa shape index (κ2) is 16.3. The lowest BCUT2D eigenvalue weighted by molar-refractivity contribution is -0.274. The number of hydrogen-bond donors (Lipinski definition) is 3. The first-order valence-corrected chi connectivity index (χ1v) is 21.3. The van der Waals surface area contributed by atoms with Crippen molar-refractivity contribution in [3.8, 4) is 11.6 Å². The lowest BCUT2D eigenvalue weighted by Gasteiger charge is -2.35. The maximum absolute atomic E-state index is 16.2. The summed E-state index contributed by atoms with van der Waals surface area (Å²) >= 11 is 0. The number of ether oxygens (including phenoxy) is 4. The summed E-state index contributed by atoms with van der Waals surface area (Å²) < 4.78 is 148. The number of halogens is 7. The van der Waals surface area contributed by atoms with Gasteiger partial charge in [0.2, 0.25) is 34.1 Å². The summed E-state index contributed by atoms with van der Waals surface area (Å²) in [6.45, 7) is 3.74. The van der Waals surface area contributed by atoms with Crippen molar-refractivity contribution in [2.24, 2.45) is 11.3 Å². The van der Waals surface area contributed by atoms with Gasteiger partial charge in [0, 0.05) is 12.5 Å². The zero-order valence-electron chi connectivity index (χ0n) is 33.3. The van der Waals surface area contributed by atoms with Gasteiger partial charge in [-0.2, -0.15) is 8.78 Å². The molecule has 2 bridgehead atoms. The van der Waals surface area contributed by atoms with Gasteiger partial charge in [0.05, 0.1) is 41.5 Å². The van der Waals surface area contributed by atoms with E-state index in [0.29, 0.717) is 25.3 Å². The summed E-state index contributed by atoms with van der Waals surface area (Å²) in [6, 6.07) is -0.588. The molecule has 62 heavy (non-hydrogen) atoms. The van der Waals surface area contributed by atoms with Gasteiger partial charge in [-0.05, 0) is 62.1 Å². The van der Waals surface area contributed by atoms with Crippen LogP contribution in [0.1, 0.15) is 71.4 Å². The molecule has 16 nitrogen and oxygen atoms in total. The van der Waals surface area contributed by atoms with E-state index in [1.807, 2.05) is 0 Å². The number of benzene rings is 1. The number of carbonyl (C=O) groups excluding carboxylic acids is 4.